The van der Waals surface area contributed by atoms with E-state index in [4.69, 9.17) is 5.73 Å². The molecular weight excluding hydrogens is 299 g/mol. The van der Waals surface area contributed by atoms with Gasteiger partial charge >= 0.3 is 6.18 Å². The third-order valence-electron chi connectivity index (χ3n) is 2.27. The zero-order chi connectivity index (χ0) is 13.3. The van der Waals surface area contributed by atoms with Gasteiger partial charge in [-0.05, 0) is 19.1 Å². The van der Waals surface area contributed by atoms with Gasteiger partial charge in [-0.15, -0.1) is 23.7 Å². The molecule has 0 aliphatic rings. The summed E-state index contributed by atoms with van der Waals surface area (Å²) in [6.45, 7) is 1.80. The van der Waals surface area contributed by atoms with Gasteiger partial charge in [-0.1, -0.05) is 0 Å². The molecule has 2 aromatic heterocycles. The number of hydrogen-bond donors (Lipinski definition) is 1. The normalized spacial score (nSPS) is 12.9. The monoisotopic (exact) mass is 309 g/mol. The second-order valence-corrected chi connectivity index (χ2v) is 4.85. The number of aromatic nitrogens is 2. The molecule has 0 amide bonds. The molecule has 0 fully saturated rings. The van der Waals surface area contributed by atoms with E-state index < -0.39 is 11.9 Å². The van der Waals surface area contributed by atoms with Crippen LogP contribution in [0, 0.1) is 0 Å². The van der Waals surface area contributed by atoms with Crippen LogP contribution in [0.1, 0.15) is 23.5 Å². The van der Waals surface area contributed by atoms with E-state index in [-0.39, 0.29) is 18.4 Å². The fourth-order valence-electron chi connectivity index (χ4n) is 1.35. The van der Waals surface area contributed by atoms with Crippen LogP contribution in [0.3, 0.4) is 0 Å². The quantitative estimate of drug-likeness (QED) is 0.921. The minimum absolute atomic E-state index is 0. The molecule has 1 atom stereocenters. The highest BCUT2D eigenvalue weighted by Crippen LogP contribution is 2.32. The second-order valence-electron chi connectivity index (χ2n) is 3.78. The van der Waals surface area contributed by atoms with Crippen molar-refractivity contribution in [2.24, 2.45) is 5.73 Å². The topological polar surface area (TPSA) is 51.8 Å². The van der Waals surface area contributed by atoms with E-state index in [1.54, 1.807) is 13.1 Å². The summed E-state index contributed by atoms with van der Waals surface area (Å²) in [6, 6.07) is 2.31. The van der Waals surface area contributed by atoms with E-state index in [0.29, 0.717) is 10.6 Å². The van der Waals surface area contributed by atoms with Gasteiger partial charge < -0.3 is 5.73 Å². The van der Waals surface area contributed by atoms with Crippen LogP contribution < -0.4 is 5.73 Å². The Balaban J connectivity index is 0.00000180. The molecule has 2 rings (SSSR count). The maximum Gasteiger partial charge on any atom is 0.433 e. The molecule has 0 saturated carbocycles. The molecule has 8 heteroatoms. The number of rotatable bonds is 2. The lowest BCUT2D eigenvalue weighted by molar-refractivity contribution is -0.141. The van der Waals surface area contributed by atoms with Crippen LogP contribution >= 0.6 is 23.7 Å². The summed E-state index contributed by atoms with van der Waals surface area (Å²) < 4.78 is 37.6. The van der Waals surface area contributed by atoms with E-state index in [2.05, 4.69) is 9.97 Å². The molecule has 104 valence electrons. The van der Waals surface area contributed by atoms with Crippen LogP contribution in [0.5, 0.6) is 0 Å². The van der Waals surface area contributed by atoms with Gasteiger partial charge in [-0.25, -0.2) is 4.98 Å². The lowest BCUT2D eigenvalue weighted by Crippen LogP contribution is -2.07. The van der Waals surface area contributed by atoms with E-state index >= 15 is 0 Å². The molecule has 1 unspecified atom stereocenters. The molecule has 0 aromatic carbocycles. The molecule has 2 heterocycles. The lowest BCUT2D eigenvalue weighted by atomic mass is 10.2. The van der Waals surface area contributed by atoms with Crippen molar-refractivity contribution in [1.82, 2.24) is 9.97 Å². The van der Waals surface area contributed by atoms with Crippen molar-refractivity contribution in [2.75, 3.05) is 0 Å². The summed E-state index contributed by atoms with van der Waals surface area (Å²) in [5, 5.41) is 0.509. The highest BCUT2D eigenvalue weighted by molar-refractivity contribution is 7.15. The van der Waals surface area contributed by atoms with Crippen LogP contribution in [-0.4, -0.2) is 9.97 Å². The lowest BCUT2D eigenvalue weighted by Gasteiger charge is -2.06. The Hall–Kier alpha value is -1.18. The van der Waals surface area contributed by atoms with E-state index in [0.717, 1.165) is 17.1 Å². The van der Waals surface area contributed by atoms with Crippen molar-refractivity contribution in [3.05, 3.63) is 35.1 Å². The third-order valence-corrected chi connectivity index (χ3v) is 3.52. The summed E-state index contributed by atoms with van der Waals surface area (Å²) in [4.78, 5) is 8.21. The highest BCUT2D eigenvalue weighted by Gasteiger charge is 2.32. The first-order chi connectivity index (χ1) is 8.38. The Bertz CT molecular complexity index is 554. The van der Waals surface area contributed by atoms with Gasteiger partial charge in [0, 0.05) is 28.9 Å². The molecule has 0 saturated heterocycles. The first-order valence-corrected chi connectivity index (χ1v) is 5.94. The Morgan fingerprint density at radius 2 is 2.00 bits per heavy atom. The van der Waals surface area contributed by atoms with Crippen LogP contribution in [0.2, 0.25) is 0 Å². The van der Waals surface area contributed by atoms with Crippen molar-refractivity contribution in [3.63, 3.8) is 0 Å². The van der Waals surface area contributed by atoms with Crippen LogP contribution in [-0.2, 0) is 6.18 Å². The van der Waals surface area contributed by atoms with Crippen LogP contribution in [0.4, 0.5) is 13.2 Å². The molecule has 2 aromatic rings. The molecule has 0 radical (unpaired) electrons. The summed E-state index contributed by atoms with van der Waals surface area (Å²) >= 11 is 1.28. The van der Waals surface area contributed by atoms with Crippen molar-refractivity contribution in [2.45, 2.75) is 19.1 Å². The van der Waals surface area contributed by atoms with Crippen molar-refractivity contribution in [1.29, 1.82) is 0 Å². The SMILES string of the molecule is CC(N)c1cnc(-c2ccnc(C(F)(F)F)c2)s1.Cl. The minimum Gasteiger partial charge on any atom is -0.323 e. The predicted octanol–water partition coefficient (Wildman–Crippen LogP) is 3.67. The molecule has 19 heavy (non-hydrogen) atoms. The Morgan fingerprint density at radius 1 is 1.32 bits per heavy atom. The maximum absolute atomic E-state index is 12.5. The number of nitrogens with two attached hydrogens (primary N) is 1. The van der Waals surface area contributed by atoms with Gasteiger partial charge in [0.2, 0.25) is 0 Å². The zero-order valence-electron chi connectivity index (χ0n) is 9.81. The Labute approximate surface area is 118 Å². The zero-order valence-corrected chi connectivity index (χ0v) is 11.4. The predicted molar refractivity (Wildman–Crippen MR) is 70.2 cm³/mol. The van der Waals surface area contributed by atoms with Gasteiger partial charge in [-0.2, -0.15) is 13.2 Å². The number of pyridine rings is 1. The first-order valence-electron chi connectivity index (χ1n) is 5.13. The number of halogens is 4. The van der Waals surface area contributed by atoms with Crippen molar-refractivity contribution < 1.29 is 13.2 Å². The number of nitrogens with zero attached hydrogens (tertiary/aromatic N) is 2. The average molecular weight is 310 g/mol. The van der Waals surface area contributed by atoms with Crippen LogP contribution in [0.15, 0.2) is 24.5 Å². The fourth-order valence-corrected chi connectivity index (χ4v) is 2.21. The smallest absolute Gasteiger partial charge is 0.323 e. The number of hydrogen-bond acceptors (Lipinski definition) is 4. The highest BCUT2D eigenvalue weighted by atomic mass is 35.5. The van der Waals surface area contributed by atoms with Gasteiger partial charge in [0.05, 0.1) is 0 Å². The maximum atomic E-state index is 12.5. The standard InChI is InChI=1S/C11H10F3N3S.ClH/c1-6(15)8-5-17-10(18-8)7-2-3-16-9(4-7)11(12,13)14;/h2-6H,15H2,1H3;1H. The Morgan fingerprint density at radius 3 is 2.53 bits per heavy atom. The minimum atomic E-state index is -4.45. The molecule has 0 aliphatic heterocycles. The van der Waals surface area contributed by atoms with Gasteiger partial charge in [0.1, 0.15) is 10.7 Å². The van der Waals surface area contributed by atoms with Crippen molar-refractivity contribution >= 4 is 23.7 Å². The number of thiazole rings is 1. The summed E-state index contributed by atoms with van der Waals surface area (Å²) in [5.74, 6) is 0. The van der Waals surface area contributed by atoms with E-state index in [1.165, 1.54) is 17.4 Å². The second kappa shape index (κ2) is 5.85. The molecule has 0 spiro atoms. The molecular formula is C11H11ClF3N3S. The molecule has 0 aliphatic carbocycles. The van der Waals surface area contributed by atoms with Crippen LogP contribution in [0.25, 0.3) is 10.6 Å². The average Bonchev–Trinajstić information content (AvgIpc) is 2.77. The fraction of sp³-hybridized carbons (Fsp3) is 0.273. The first kappa shape index (κ1) is 15.9. The third kappa shape index (κ3) is 3.65. The Kier molecular flexibility index (Phi) is 4.89. The van der Waals surface area contributed by atoms with E-state index in [9.17, 15) is 13.2 Å². The van der Waals surface area contributed by atoms with E-state index in [1.807, 2.05) is 0 Å². The molecule has 3 nitrogen and oxygen atoms in total. The summed E-state index contributed by atoms with van der Waals surface area (Å²) in [6.07, 6.45) is -1.74. The van der Waals surface area contributed by atoms with Gasteiger partial charge in [-0.3, -0.25) is 4.98 Å². The summed E-state index contributed by atoms with van der Waals surface area (Å²) in [7, 11) is 0. The van der Waals surface area contributed by atoms with Gasteiger partial charge in [0.25, 0.3) is 0 Å². The molecule has 0 bridgehead atoms. The number of alkyl halides is 3. The van der Waals surface area contributed by atoms with Gasteiger partial charge in [0.15, 0.2) is 0 Å². The summed E-state index contributed by atoms with van der Waals surface area (Å²) in [5.41, 5.74) is 5.16. The molecule has 2 N–H and O–H groups in total. The largest absolute Gasteiger partial charge is 0.433 e. The van der Waals surface area contributed by atoms with Crippen molar-refractivity contribution in [3.8, 4) is 10.6 Å².